The molecule has 0 aliphatic heterocycles. The molecule has 0 aliphatic carbocycles. The van der Waals surface area contributed by atoms with Gasteiger partial charge in [0.15, 0.2) is 0 Å². The maximum Gasteiger partial charge on any atom is 0.326 e. The minimum Gasteiger partial charge on any atom is -0.480 e. The molecule has 190 valence electrons. The van der Waals surface area contributed by atoms with Gasteiger partial charge >= 0.3 is 5.97 Å². The van der Waals surface area contributed by atoms with Crippen LogP contribution >= 0.6 is 0 Å². The van der Waals surface area contributed by atoms with Crippen LogP contribution in [0, 0.1) is 5.92 Å². The number of aliphatic carboxylic acids is 1. The number of carboxylic acids is 1. The molecule has 35 heavy (non-hydrogen) atoms. The second kappa shape index (κ2) is 12.5. The van der Waals surface area contributed by atoms with E-state index in [2.05, 4.69) is 20.9 Å². The Balaban J connectivity index is 2.09. The van der Waals surface area contributed by atoms with Gasteiger partial charge in [-0.1, -0.05) is 32.0 Å². The van der Waals surface area contributed by atoms with Crippen LogP contribution in [0.4, 0.5) is 0 Å². The van der Waals surface area contributed by atoms with Gasteiger partial charge in [0.05, 0.1) is 12.6 Å². The number of H-pyrrole nitrogens is 1. The van der Waals surface area contributed by atoms with Crippen molar-refractivity contribution in [1.29, 1.82) is 0 Å². The van der Waals surface area contributed by atoms with Gasteiger partial charge in [0.2, 0.25) is 23.6 Å². The van der Waals surface area contributed by atoms with Crippen LogP contribution in [0.5, 0.6) is 0 Å². The number of rotatable bonds is 13. The van der Waals surface area contributed by atoms with Gasteiger partial charge < -0.3 is 37.5 Å². The molecule has 12 heteroatoms. The lowest BCUT2D eigenvalue weighted by Crippen LogP contribution is -2.55. The van der Waals surface area contributed by atoms with Gasteiger partial charge in [-0.3, -0.25) is 19.2 Å². The minimum absolute atomic E-state index is 0.129. The van der Waals surface area contributed by atoms with Gasteiger partial charge in [-0.25, -0.2) is 4.79 Å². The van der Waals surface area contributed by atoms with Gasteiger partial charge in [-0.2, -0.15) is 0 Å². The minimum atomic E-state index is -1.34. The smallest absolute Gasteiger partial charge is 0.326 e. The number of carbonyl (C=O) groups excluding carboxylic acids is 4. The quantitative estimate of drug-likeness (QED) is 0.189. The molecule has 1 aromatic carbocycles. The summed E-state index contributed by atoms with van der Waals surface area (Å²) in [6.07, 6.45) is 1.46. The van der Waals surface area contributed by atoms with E-state index in [1.165, 1.54) is 0 Å². The summed E-state index contributed by atoms with van der Waals surface area (Å²) in [5.41, 5.74) is 12.6. The van der Waals surface area contributed by atoms with E-state index in [0.29, 0.717) is 0 Å². The van der Waals surface area contributed by atoms with E-state index in [0.717, 1.165) is 16.5 Å². The maximum absolute atomic E-state index is 12.9. The zero-order chi connectivity index (χ0) is 26.1. The molecule has 3 unspecified atom stereocenters. The topological polar surface area (TPSA) is 209 Å². The molecule has 0 fully saturated rings. The molecule has 4 amide bonds. The van der Waals surface area contributed by atoms with Gasteiger partial charge in [0.1, 0.15) is 12.1 Å². The number of nitrogens with one attached hydrogen (secondary N) is 4. The lowest BCUT2D eigenvalue weighted by Gasteiger charge is -2.22. The average molecular weight is 489 g/mol. The summed E-state index contributed by atoms with van der Waals surface area (Å²) in [5.74, 6) is -4.12. The van der Waals surface area contributed by atoms with Crippen molar-refractivity contribution in [2.75, 3.05) is 6.54 Å². The number of hydrogen-bond acceptors (Lipinski definition) is 6. The second-order valence-electron chi connectivity index (χ2n) is 8.58. The molecule has 0 bridgehead atoms. The molecule has 3 atom stereocenters. The van der Waals surface area contributed by atoms with Gasteiger partial charge in [0, 0.05) is 29.9 Å². The van der Waals surface area contributed by atoms with E-state index in [9.17, 15) is 29.1 Å². The highest BCUT2D eigenvalue weighted by atomic mass is 16.4. The Morgan fingerprint density at radius 2 is 1.71 bits per heavy atom. The highest BCUT2D eigenvalue weighted by Gasteiger charge is 2.27. The van der Waals surface area contributed by atoms with Gasteiger partial charge in [0.25, 0.3) is 0 Å². The predicted octanol–water partition coefficient (Wildman–Crippen LogP) is -0.870. The molecule has 12 nitrogen and oxygen atoms in total. The van der Waals surface area contributed by atoms with Crippen molar-refractivity contribution >= 4 is 40.5 Å². The lowest BCUT2D eigenvalue weighted by molar-refractivity contribution is -0.142. The Bertz CT molecular complexity index is 1080. The van der Waals surface area contributed by atoms with Crippen LogP contribution in [0.3, 0.4) is 0 Å². The lowest BCUT2D eigenvalue weighted by atomic mass is 10.0. The Morgan fingerprint density at radius 3 is 2.34 bits per heavy atom. The number of aromatic nitrogens is 1. The number of fused-ring (bicyclic) bond motifs is 1. The number of carbonyl (C=O) groups is 5. The molecule has 0 saturated carbocycles. The molecule has 1 aromatic heterocycles. The monoisotopic (exact) mass is 488 g/mol. The van der Waals surface area contributed by atoms with Crippen molar-refractivity contribution in [2.45, 2.75) is 51.2 Å². The SMILES string of the molecule is CC(C)C(N)C(=O)NC(Cc1c[nH]c2ccccc12)C(=O)NCC(=O)NC(CCC(N)=O)C(=O)O. The zero-order valence-corrected chi connectivity index (χ0v) is 19.7. The molecule has 2 rings (SSSR count). The molecule has 2 aromatic rings. The van der Waals surface area contributed by atoms with Crippen molar-refractivity contribution in [2.24, 2.45) is 17.4 Å². The molecule has 0 aliphatic rings. The van der Waals surface area contributed by atoms with E-state index in [1.807, 2.05) is 24.3 Å². The van der Waals surface area contributed by atoms with Gasteiger partial charge in [-0.05, 0) is 24.0 Å². The Hall–Kier alpha value is -3.93. The average Bonchev–Trinajstić information content (AvgIpc) is 3.21. The first kappa shape index (κ1) is 27.3. The molecule has 1 heterocycles. The number of para-hydroxylation sites is 1. The summed E-state index contributed by atoms with van der Waals surface area (Å²) >= 11 is 0. The predicted molar refractivity (Wildman–Crippen MR) is 128 cm³/mol. The fourth-order valence-electron chi connectivity index (χ4n) is 3.38. The van der Waals surface area contributed by atoms with E-state index in [-0.39, 0.29) is 25.2 Å². The Labute approximate surface area is 202 Å². The fraction of sp³-hybridized carbons (Fsp3) is 0.435. The van der Waals surface area contributed by atoms with Crippen molar-refractivity contribution in [1.82, 2.24) is 20.9 Å². The number of hydrogen-bond donors (Lipinski definition) is 7. The van der Waals surface area contributed by atoms with Crippen LogP contribution in [0.15, 0.2) is 30.5 Å². The number of nitrogens with two attached hydrogens (primary N) is 2. The van der Waals surface area contributed by atoms with E-state index < -0.39 is 54.3 Å². The third-order valence-electron chi connectivity index (χ3n) is 5.49. The first-order valence-corrected chi connectivity index (χ1v) is 11.2. The summed E-state index contributed by atoms with van der Waals surface area (Å²) in [6, 6.07) is 4.26. The van der Waals surface area contributed by atoms with Crippen LogP contribution in [0.2, 0.25) is 0 Å². The standard InChI is InChI=1S/C23H32N6O6/c1-12(2)20(25)22(33)29-17(9-13-10-26-15-6-4-3-5-14(13)15)21(32)27-11-19(31)28-16(23(34)35)7-8-18(24)30/h3-6,10,12,16-17,20,26H,7-9,11,25H2,1-2H3,(H2,24,30)(H,27,32)(H,28,31)(H,29,33)(H,34,35). The molecule has 0 radical (unpaired) electrons. The number of carboxylic acid groups (broad SMARTS) is 1. The third kappa shape index (κ3) is 8.10. The zero-order valence-electron chi connectivity index (χ0n) is 19.7. The summed E-state index contributed by atoms with van der Waals surface area (Å²) in [7, 11) is 0. The first-order valence-electron chi connectivity index (χ1n) is 11.2. The second-order valence-corrected chi connectivity index (χ2v) is 8.58. The van der Waals surface area contributed by atoms with Crippen molar-refractivity contribution < 1.29 is 29.1 Å². The van der Waals surface area contributed by atoms with Crippen molar-refractivity contribution in [3.8, 4) is 0 Å². The number of aromatic amines is 1. The van der Waals surface area contributed by atoms with Crippen molar-refractivity contribution in [3.63, 3.8) is 0 Å². The highest BCUT2D eigenvalue weighted by molar-refractivity contribution is 5.93. The highest BCUT2D eigenvalue weighted by Crippen LogP contribution is 2.19. The van der Waals surface area contributed by atoms with E-state index in [4.69, 9.17) is 11.5 Å². The number of amides is 4. The summed E-state index contributed by atoms with van der Waals surface area (Å²) in [4.78, 5) is 63.0. The summed E-state index contributed by atoms with van der Waals surface area (Å²) in [5, 5.41) is 17.4. The number of primary amides is 1. The van der Waals surface area contributed by atoms with Crippen molar-refractivity contribution in [3.05, 3.63) is 36.0 Å². The van der Waals surface area contributed by atoms with Gasteiger partial charge in [-0.15, -0.1) is 0 Å². The fourth-order valence-corrected chi connectivity index (χ4v) is 3.38. The van der Waals surface area contributed by atoms with Crippen LogP contribution in [0.25, 0.3) is 10.9 Å². The largest absolute Gasteiger partial charge is 0.480 e. The van der Waals surface area contributed by atoms with Crippen LogP contribution in [0.1, 0.15) is 32.3 Å². The molecule has 0 saturated heterocycles. The van der Waals surface area contributed by atoms with Crippen LogP contribution < -0.4 is 27.4 Å². The maximum atomic E-state index is 12.9. The van der Waals surface area contributed by atoms with Crippen LogP contribution in [-0.2, 0) is 30.4 Å². The van der Waals surface area contributed by atoms with E-state index in [1.54, 1.807) is 20.0 Å². The Morgan fingerprint density at radius 1 is 1.03 bits per heavy atom. The normalized spacial score (nSPS) is 13.6. The molecule has 0 spiro atoms. The number of benzene rings is 1. The first-order chi connectivity index (χ1) is 16.5. The summed E-state index contributed by atoms with van der Waals surface area (Å²) < 4.78 is 0. The van der Waals surface area contributed by atoms with Crippen LogP contribution in [-0.4, -0.2) is 64.4 Å². The molecular formula is C23H32N6O6. The van der Waals surface area contributed by atoms with E-state index >= 15 is 0 Å². The molecular weight excluding hydrogens is 456 g/mol. The third-order valence-corrected chi connectivity index (χ3v) is 5.49. The Kier molecular flexibility index (Phi) is 9.76. The summed E-state index contributed by atoms with van der Waals surface area (Å²) in [6.45, 7) is 3.02. The molecule has 9 N–H and O–H groups in total.